The van der Waals surface area contributed by atoms with E-state index in [0.717, 1.165) is 19.4 Å². The number of nitrogens with one attached hydrogen (secondary N) is 2. The summed E-state index contributed by atoms with van der Waals surface area (Å²) in [5.74, 6) is -0.434. The van der Waals surface area contributed by atoms with Crippen LogP contribution in [0.25, 0.3) is 0 Å². The second-order valence-electron chi connectivity index (χ2n) is 4.46. The number of unbranched alkanes of at least 4 members (excludes halogenated alkanes) is 1. The summed E-state index contributed by atoms with van der Waals surface area (Å²) < 4.78 is 0. The SMILES string of the molecule is C=CC(=O)NC(CCCCN(C)C)C(=O)NCC. The molecule has 0 aromatic heterocycles. The Labute approximate surface area is 110 Å². The fraction of sp³-hybridized carbons (Fsp3) is 0.692. The Balaban J connectivity index is 4.16. The van der Waals surface area contributed by atoms with E-state index in [4.69, 9.17) is 0 Å². The predicted octanol–water partition coefficient (Wildman–Crippen LogP) is 0.525. The Morgan fingerprint density at radius 3 is 2.50 bits per heavy atom. The molecule has 0 aliphatic heterocycles. The zero-order chi connectivity index (χ0) is 14.0. The lowest BCUT2D eigenvalue weighted by Crippen LogP contribution is -2.46. The molecule has 0 spiro atoms. The monoisotopic (exact) mass is 255 g/mol. The van der Waals surface area contributed by atoms with Crippen LogP contribution in [0.15, 0.2) is 12.7 Å². The molecule has 0 fully saturated rings. The van der Waals surface area contributed by atoms with E-state index in [9.17, 15) is 9.59 Å². The highest BCUT2D eigenvalue weighted by Crippen LogP contribution is 2.02. The van der Waals surface area contributed by atoms with Crippen molar-refractivity contribution >= 4 is 11.8 Å². The summed E-state index contributed by atoms with van der Waals surface area (Å²) >= 11 is 0. The number of carbonyl (C=O) groups excluding carboxylic acids is 2. The lowest BCUT2D eigenvalue weighted by atomic mass is 10.1. The maximum atomic E-state index is 11.8. The topological polar surface area (TPSA) is 61.4 Å². The van der Waals surface area contributed by atoms with Crippen LogP contribution in [0.3, 0.4) is 0 Å². The van der Waals surface area contributed by atoms with Gasteiger partial charge in [0.15, 0.2) is 0 Å². The number of amides is 2. The van der Waals surface area contributed by atoms with E-state index >= 15 is 0 Å². The molecule has 18 heavy (non-hydrogen) atoms. The lowest BCUT2D eigenvalue weighted by Gasteiger charge is -2.17. The average molecular weight is 255 g/mol. The van der Waals surface area contributed by atoms with Gasteiger partial charge in [0.25, 0.3) is 0 Å². The van der Waals surface area contributed by atoms with Gasteiger partial charge < -0.3 is 15.5 Å². The molecule has 0 heterocycles. The molecule has 0 aliphatic carbocycles. The van der Waals surface area contributed by atoms with Crippen LogP contribution >= 0.6 is 0 Å². The smallest absolute Gasteiger partial charge is 0.244 e. The van der Waals surface area contributed by atoms with E-state index in [1.165, 1.54) is 6.08 Å². The van der Waals surface area contributed by atoms with Crippen LogP contribution in [-0.2, 0) is 9.59 Å². The van der Waals surface area contributed by atoms with Crippen LogP contribution in [0.4, 0.5) is 0 Å². The number of nitrogens with zero attached hydrogens (tertiary/aromatic N) is 1. The van der Waals surface area contributed by atoms with Gasteiger partial charge in [-0.05, 0) is 52.9 Å². The van der Waals surface area contributed by atoms with Gasteiger partial charge in [-0.2, -0.15) is 0 Å². The van der Waals surface area contributed by atoms with Gasteiger partial charge in [0.1, 0.15) is 6.04 Å². The standard InChI is InChI=1S/C13H25N3O2/c1-5-12(17)15-11(13(18)14-6-2)9-7-8-10-16(3)4/h5,11H,1,6-10H2,2-4H3,(H,14,18)(H,15,17). The molecule has 0 saturated heterocycles. The Hall–Kier alpha value is -1.36. The normalized spacial score (nSPS) is 12.0. The van der Waals surface area contributed by atoms with Crippen molar-refractivity contribution in [3.05, 3.63) is 12.7 Å². The van der Waals surface area contributed by atoms with E-state index in [1.54, 1.807) is 0 Å². The summed E-state index contributed by atoms with van der Waals surface area (Å²) in [4.78, 5) is 25.1. The average Bonchev–Trinajstić information content (AvgIpc) is 2.32. The number of likely N-dealkylation sites (N-methyl/N-ethyl adjacent to an activating group) is 1. The lowest BCUT2D eigenvalue weighted by molar-refractivity contribution is -0.127. The van der Waals surface area contributed by atoms with Crippen LogP contribution < -0.4 is 10.6 Å². The summed E-state index contributed by atoms with van der Waals surface area (Å²) in [5, 5.41) is 5.38. The van der Waals surface area contributed by atoms with Crippen molar-refractivity contribution in [2.24, 2.45) is 0 Å². The third kappa shape index (κ3) is 7.84. The molecule has 0 saturated carbocycles. The number of hydrogen-bond acceptors (Lipinski definition) is 3. The quantitative estimate of drug-likeness (QED) is 0.466. The van der Waals surface area contributed by atoms with E-state index < -0.39 is 6.04 Å². The van der Waals surface area contributed by atoms with Crippen molar-refractivity contribution in [3.63, 3.8) is 0 Å². The molecule has 5 nitrogen and oxygen atoms in total. The van der Waals surface area contributed by atoms with Crippen molar-refractivity contribution in [2.75, 3.05) is 27.2 Å². The Bertz CT molecular complexity index is 277. The molecule has 0 radical (unpaired) electrons. The molecule has 0 aliphatic rings. The molecule has 0 rings (SSSR count). The Morgan fingerprint density at radius 1 is 1.33 bits per heavy atom. The molecule has 104 valence electrons. The van der Waals surface area contributed by atoms with Gasteiger partial charge in [-0.25, -0.2) is 0 Å². The molecule has 1 atom stereocenters. The number of hydrogen-bond donors (Lipinski definition) is 2. The van der Waals surface area contributed by atoms with Gasteiger partial charge in [0, 0.05) is 6.54 Å². The summed E-state index contributed by atoms with van der Waals surface area (Å²) in [5.41, 5.74) is 0. The molecule has 5 heteroatoms. The fourth-order valence-electron chi connectivity index (χ4n) is 1.57. The van der Waals surface area contributed by atoms with Crippen molar-refractivity contribution < 1.29 is 9.59 Å². The van der Waals surface area contributed by atoms with Gasteiger partial charge in [-0.15, -0.1) is 0 Å². The van der Waals surface area contributed by atoms with E-state index in [2.05, 4.69) is 22.1 Å². The third-order valence-electron chi connectivity index (χ3n) is 2.52. The minimum atomic E-state index is -0.461. The van der Waals surface area contributed by atoms with Gasteiger partial charge in [-0.3, -0.25) is 9.59 Å². The molecular weight excluding hydrogens is 230 g/mol. The highest BCUT2D eigenvalue weighted by molar-refractivity contribution is 5.92. The molecule has 2 amide bonds. The first-order valence-electron chi connectivity index (χ1n) is 6.36. The highest BCUT2D eigenvalue weighted by Gasteiger charge is 2.18. The molecule has 0 aromatic carbocycles. The second-order valence-corrected chi connectivity index (χ2v) is 4.46. The first kappa shape index (κ1) is 16.6. The van der Waals surface area contributed by atoms with Crippen LogP contribution in [-0.4, -0.2) is 49.9 Å². The van der Waals surface area contributed by atoms with Gasteiger partial charge >= 0.3 is 0 Å². The molecule has 2 N–H and O–H groups in total. The maximum Gasteiger partial charge on any atom is 0.244 e. The third-order valence-corrected chi connectivity index (χ3v) is 2.52. The molecule has 0 bridgehead atoms. The van der Waals surface area contributed by atoms with Crippen molar-refractivity contribution in [3.8, 4) is 0 Å². The summed E-state index contributed by atoms with van der Waals surface area (Å²) in [6, 6.07) is -0.461. The summed E-state index contributed by atoms with van der Waals surface area (Å²) in [7, 11) is 4.03. The minimum Gasteiger partial charge on any atom is -0.355 e. The minimum absolute atomic E-state index is 0.127. The van der Waals surface area contributed by atoms with Crippen LogP contribution in [0, 0.1) is 0 Å². The predicted molar refractivity (Wildman–Crippen MR) is 73.2 cm³/mol. The fourth-order valence-corrected chi connectivity index (χ4v) is 1.57. The van der Waals surface area contributed by atoms with E-state index in [1.807, 2.05) is 21.0 Å². The zero-order valence-corrected chi connectivity index (χ0v) is 11.7. The van der Waals surface area contributed by atoms with Crippen LogP contribution in [0.5, 0.6) is 0 Å². The van der Waals surface area contributed by atoms with Gasteiger partial charge in [0.05, 0.1) is 0 Å². The largest absolute Gasteiger partial charge is 0.355 e. The summed E-state index contributed by atoms with van der Waals surface area (Å²) in [6.07, 6.45) is 3.75. The van der Waals surface area contributed by atoms with E-state index in [0.29, 0.717) is 13.0 Å². The first-order valence-corrected chi connectivity index (χ1v) is 6.36. The van der Waals surface area contributed by atoms with E-state index in [-0.39, 0.29) is 11.8 Å². The zero-order valence-electron chi connectivity index (χ0n) is 11.7. The Morgan fingerprint density at radius 2 is 2.00 bits per heavy atom. The molecular formula is C13H25N3O2. The maximum absolute atomic E-state index is 11.8. The highest BCUT2D eigenvalue weighted by atomic mass is 16.2. The van der Waals surface area contributed by atoms with Crippen molar-refractivity contribution in [1.29, 1.82) is 0 Å². The summed E-state index contributed by atoms with van der Waals surface area (Å²) in [6.45, 7) is 6.80. The number of rotatable bonds is 9. The van der Waals surface area contributed by atoms with Crippen LogP contribution in [0.1, 0.15) is 26.2 Å². The van der Waals surface area contributed by atoms with Gasteiger partial charge in [-0.1, -0.05) is 6.58 Å². The second kappa shape index (κ2) is 9.65. The van der Waals surface area contributed by atoms with Gasteiger partial charge in [0.2, 0.25) is 11.8 Å². The first-order chi connectivity index (χ1) is 8.51. The van der Waals surface area contributed by atoms with Crippen LogP contribution in [0.2, 0.25) is 0 Å². The number of carbonyl (C=O) groups is 2. The molecule has 0 aromatic rings. The van der Waals surface area contributed by atoms with Crippen molar-refractivity contribution in [1.82, 2.24) is 15.5 Å². The Kier molecular flexibility index (Phi) is 8.92. The van der Waals surface area contributed by atoms with Crippen molar-refractivity contribution in [2.45, 2.75) is 32.2 Å². The molecule has 1 unspecified atom stereocenters.